The molecule has 0 aromatic heterocycles. The largest absolute Gasteiger partial charge is 0.491 e. The molecule has 26 heavy (non-hydrogen) atoms. The molecular weight excluding hydrogens is 334 g/mol. The van der Waals surface area contributed by atoms with Gasteiger partial charge in [-0.3, -0.25) is 0 Å². The van der Waals surface area contributed by atoms with Crippen molar-refractivity contribution in [2.45, 2.75) is 12.5 Å². The summed E-state index contributed by atoms with van der Waals surface area (Å²) < 4.78 is 16.2. The van der Waals surface area contributed by atoms with Crippen LogP contribution in [0.5, 0.6) is 17.2 Å². The van der Waals surface area contributed by atoms with Crippen molar-refractivity contribution < 1.29 is 19.0 Å². The molecule has 2 aromatic carbocycles. The predicted molar refractivity (Wildman–Crippen MR) is 97.0 cm³/mol. The van der Waals surface area contributed by atoms with Crippen molar-refractivity contribution in [3.05, 3.63) is 54.1 Å². The van der Waals surface area contributed by atoms with Crippen molar-refractivity contribution in [1.82, 2.24) is 5.32 Å². The van der Waals surface area contributed by atoms with E-state index in [9.17, 15) is 4.79 Å². The molecule has 7 heteroatoms. The summed E-state index contributed by atoms with van der Waals surface area (Å²) in [4.78, 5) is 10.9. The van der Waals surface area contributed by atoms with Crippen LogP contribution in [0.15, 0.2) is 48.5 Å². The van der Waals surface area contributed by atoms with Gasteiger partial charge in [-0.25, -0.2) is 4.79 Å². The maximum atomic E-state index is 10.9. The van der Waals surface area contributed by atoms with Crippen LogP contribution in [0, 0.1) is 10.8 Å². The highest BCUT2D eigenvalue weighted by atomic mass is 16.6. The summed E-state index contributed by atoms with van der Waals surface area (Å²) in [6.45, 7) is 0.655. The number of amides is 1. The number of ether oxygens (including phenoxy) is 3. The van der Waals surface area contributed by atoms with Gasteiger partial charge in [-0.1, -0.05) is 0 Å². The number of carbonyl (C=O) groups excluding carboxylic acids is 1. The molecule has 0 radical (unpaired) electrons. The van der Waals surface area contributed by atoms with Gasteiger partial charge in [-0.2, -0.15) is 0 Å². The Kier molecular flexibility index (Phi) is 5.48. The van der Waals surface area contributed by atoms with Gasteiger partial charge in [0.05, 0.1) is 0 Å². The van der Waals surface area contributed by atoms with E-state index in [0.717, 1.165) is 5.56 Å². The zero-order chi connectivity index (χ0) is 18.4. The van der Waals surface area contributed by atoms with Crippen LogP contribution in [-0.4, -0.2) is 37.3 Å². The van der Waals surface area contributed by atoms with Crippen molar-refractivity contribution in [2.24, 2.45) is 0 Å². The summed E-state index contributed by atoms with van der Waals surface area (Å²) in [5.41, 5.74) is 1.17. The van der Waals surface area contributed by atoms with Gasteiger partial charge < -0.3 is 30.3 Å². The molecule has 0 bridgehead atoms. The lowest BCUT2D eigenvalue weighted by Gasteiger charge is -2.11. The van der Waals surface area contributed by atoms with E-state index < -0.39 is 6.09 Å². The lowest BCUT2D eigenvalue weighted by atomic mass is 10.1. The number of rotatable bonds is 8. The van der Waals surface area contributed by atoms with Crippen molar-refractivity contribution in [1.29, 1.82) is 10.8 Å². The van der Waals surface area contributed by atoms with Gasteiger partial charge in [0.25, 0.3) is 0 Å². The van der Waals surface area contributed by atoms with Crippen molar-refractivity contribution in [3.63, 3.8) is 0 Å². The summed E-state index contributed by atoms with van der Waals surface area (Å²) in [5.74, 6) is 2.00. The molecule has 0 spiro atoms. The molecule has 7 nitrogen and oxygen atoms in total. The highest BCUT2D eigenvalue weighted by Crippen LogP contribution is 2.24. The molecule has 1 aliphatic heterocycles. The molecule has 1 fully saturated rings. The van der Waals surface area contributed by atoms with Gasteiger partial charge in [-0.15, -0.1) is 0 Å². The zero-order valence-corrected chi connectivity index (χ0v) is 14.0. The molecule has 3 N–H and O–H groups in total. The average molecular weight is 353 g/mol. The van der Waals surface area contributed by atoms with Gasteiger partial charge in [0.1, 0.15) is 36.5 Å². The highest BCUT2D eigenvalue weighted by Gasteiger charge is 2.22. The van der Waals surface area contributed by atoms with Gasteiger partial charge in [-0.05, 0) is 54.1 Å². The van der Waals surface area contributed by atoms with Gasteiger partial charge in [0.2, 0.25) is 0 Å². The normalized spacial score (nSPS) is 15.7. The SMILES string of the molecule is N=CCC(=N)c1ccc(Oc2ccc(OCC3COC(=O)N3)cc2)cc1. The van der Waals surface area contributed by atoms with Crippen molar-refractivity contribution in [2.75, 3.05) is 13.2 Å². The Labute approximate surface area is 150 Å². The van der Waals surface area contributed by atoms with Crippen LogP contribution in [0.25, 0.3) is 0 Å². The summed E-state index contributed by atoms with van der Waals surface area (Å²) >= 11 is 0. The monoisotopic (exact) mass is 353 g/mol. The molecule has 2 aromatic rings. The molecule has 1 atom stereocenters. The lowest BCUT2D eigenvalue weighted by Crippen LogP contribution is -2.32. The van der Waals surface area contributed by atoms with E-state index in [1.165, 1.54) is 6.21 Å². The summed E-state index contributed by atoms with van der Waals surface area (Å²) in [7, 11) is 0. The van der Waals surface area contributed by atoms with E-state index in [2.05, 4.69) is 5.32 Å². The molecule has 134 valence electrons. The first-order valence-electron chi connectivity index (χ1n) is 8.15. The Morgan fingerprint density at radius 3 is 2.31 bits per heavy atom. The first-order valence-corrected chi connectivity index (χ1v) is 8.15. The second-order valence-electron chi connectivity index (χ2n) is 5.74. The van der Waals surface area contributed by atoms with Gasteiger partial charge in [0, 0.05) is 18.3 Å². The minimum atomic E-state index is -0.415. The van der Waals surface area contributed by atoms with Crippen LogP contribution in [0.1, 0.15) is 12.0 Å². The second kappa shape index (κ2) is 8.15. The quantitative estimate of drug-likeness (QED) is 0.633. The molecule has 0 saturated carbocycles. The maximum absolute atomic E-state index is 10.9. The maximum Gasteiger partial charge on any atom is 0.407 e. The fourth-order valence-electron chi connectivity index (χ4n) is 2.40. The van der Waals surface area contributed by atoms with E-state index in [1.54, 1.807) is 48.5 Å². The Morgan fingerprint density at radius 1 is 1.12 bits per heavy atom. The Balaban J connectivity index is 1.53. The van der Waals surface area contributed by atoms with E-state index in [1.807, 2.05) is 0 Å². The van der Waals surface area contributed by atoms with Crippen LogP contribution in [-0.2, 0) is 4.74 Å². The number of alkyl carbamates (subject to hydrolysis) is 1. The molecule has 1 unspecified atom stereocenters. The third kappa shape index (κ3) is 4.60. The predicted octanol–water partition coefficient (Wildman–Crippen LogP) is 3.37. The van der Waals surface area contributed by atoms with E-state index in [-0.39, 0.29) is 6.04 Å². The number of benzene rings is 2. The minimum absolute atomic E-state index is 0.136. The smallest absolute Gasteiger partial charge is 0.407 e. The van der Waals surface area contributed by atoms with Crippen LogP contribution in [0.3, 0.4) is 0 Å². The summed E-state index contributed by atoms with van der Waals surface area (Å²) in [6.07, 6.45) is 1.11. The molecule has 1 amide bonds. The summed E-state index contributed by atoms with van der Waals surface area (Å²) in [6, 6.07) is 14.2. The number of hydrogen-bond donors (Lipinski definition) is 3. The number of nitrogens with one attached hydrogen (secondary N) is 3. The van der Waals surface area contributed by atoms with Crippen LogP contribution in [0.2, 0.25) is 0 Å². The molecule has 1 saturated heterocycles. The first kappa shape index (κ1) is 17.5. The summed E-state index contributed by atoms with van der Waals surface area (Å²) in [5, 5.41) is 17.5. The van der Waals surface area contributed by atoms with Gasteiger partial charge >= 0.3 is 6.09 Å². The third-order valence-corrected chi connectivity index (χ3v) is 3.76. The van der Waals surface area contributed by atoms with Crippen LogP contribution in [0.4, 0.5) is 4.79 Å². The number of hydrogen-bond acceptors (Lipinski definition) is 6. The van der Waals surface area contributed by atoms with E-state index in [0.29, 0.717) is 42.6 Å². The minimum Gasteiger partial charge on any atom is -0.491 e. The molecule has 0 aliphatic carbocycles. The zero-order valence-electron chi connectivity index (χ0n) is 14.0. The fourth-order valence-corrected chi connectivity index (χ4v) is 2.40. The molecule has 1 heterocycles. The van der Waals surface area contributed by atoms with Crippen LogP contribution < -0.4 is 14.8 Å². The number of cyclic esters (lactones) is 1. The average Bonchev–Trinajstić information content (AvgIpc) is 3.07. The Morgan fingerprint density at radius 2 is 1.73 bits per heavy atom. The topological polar surface area (TPSA) is 104 Å². The fraction of sp³-hybridized carbons (Fsp3) is 0.211. The highest BCUT2D eigenvalue weighted by molar-refractivity contribution is 6.04. The van der Waals surface area contributed by atoms with Gasteiger partial charge in [0.15, 0.2) is 0 Å². The molecular formula is C19H19N3O4. The Bertz CT molecular complexity index is 787. The molecule has 1 aliphatic rings. The van der Waals surface area contributed by atoms with E-state index in [4.69, 9.17) is 25.0 Å². The Hall–Kier alpha value is -3.35. The number of carbonyl (C=O) groups is 1. The second-order valence-corrected chi connectivity index (χ2v) is 5.74. The van der Waals surface area contributed by atoms with Crippen molar-refractivity contribution >= 4 is 18.0 Å². The van der Waals surface area contributed by atoms with Crippen LogP contribution >= 0.6 is 0 Å². The lowest BCUT2D eigenvalue weighted by molar-refractivity contribution is 0.174. The third-order valence-electron chi connectivity index (χ3n) is 3.76. The first-order chi connectivity index (χ1) is 12.6. The standard InChI is InChI=1S/C19H19N3O4/c20-10-9-18(21)13-1-3-16(4-2-13)26-17-7-5-15(6-8-17)24-11-14-12-25-19(23)22-14/h1-8,10,14,20-21H,9,11-12H2,(H,22,23). The van der Waals surface area contributed by atoms with E-state index >= 15 is 0 Å². The molecule has 3 rings (SSSR count). The van der Waals surface area contributed by atoms with Crippen molar-refractivity contribution in [3.8, 4) is 17.2 Å².